The van der Waals surface area contributed by atoms with Gasteiger partial charge >= 0.3 is 11.9 Å². The molecule has 45 heavy (non-hydrogen) atoms. The van der Waals surface area contributed by atoms with Crippen LogP contribution >= 0.6 is 0 Å². The first kappa shape index (κ1) is 39.4. The van der Waals surface area contributed by atoms with Crippen LogP contribution in [0.15, 0.2) is 25.3 Å². The molecule has 0 radical (unpaired) electrons. The van der Waals surface area contributed by atoms with Crippen LogP contribution in [0.25, 0.3) is 0 Å². The maximum atomic E-state index is 13.0. The average molecular weight is 635 g/mol. The number of carbonyl (C=O) groups excluding carboxylic acids is 2. The van der Waals surface area contributed by atoms with Crippen LogP contribution in [0.1, 0.15) is 153 Å². The summed E-state index contributed by atoms with van der Waals surface area (Å²) in [6.45, 7) is 29.2. The molecule has 0 spiro atoms. The fourth-order valence-corrected chi connectivity index (χ4v) is 7.54. The molecule has 260 valence electrons. The van der Waals surface area contributed by atoms with E-state index in [1.165, 1.54) is 12.8 Å². The Morgan fingerprint density at radius 2 is 0.956 bits per heavy atom. The van der Waals surface area contributed by atoms with Crippen LogP contribution in [-0.4, -0.2) is 68.6 Å². The fourth-order valence-electron chi connectivity index (χ4n) is 7.54. The van der Waals surface area contributed by atoms with Crippen LogP contribution < -0.4 is 0 Å². The molecule has 0 aromatic carbocycles. The molecule has 0 saturated carbocycles. The first-order valence-corrected chi connectivity index (χ1v) is 17.5. The van der Waals surface area contributed by atoms with E-state index in [9.17, 15) is 9.59 Å². The highest BCUT2D eigenvalue weighted by atomic mass is 16.7. The Morgan fingerprint density at radius 3 is 1.22 bits per heavy atom. The SMILES string of the molecule is C=CC(CCCCC)ON1C(C)(C)CC(OC(=O)CC(=O)OC2CC(C)(C)N(OC(C=C)CCCCC)C(C)(C)C2)CC1(C)C. The third-order valence-electron chi connectivity index (χ3n) is 9.18. The first-order chi connectivity index (χ1) is 20.9. The monoisotopic (exact) mass is 634 g/mol. The lowest BCUT2D eigenvalue weighted by Gasteiger charge is -2.54. The Hall–Kier alpha value is -1.74. The van der Waals surface area contributed by atoms with Crippen LogP contribution in [0.2, 0.25) is 0 Å². The number of ether oxygens (including phenoxy) is 2. The zero-order valence-electron chi connectivity index (χ0n) is 30.4. The van der Waals surface area contributed by atoms with Gasteiger partial charge in [-0.2, -0.15) is 10.1 Å². The summed E-state index contributed by atoms with van der Waals surface area (Å²) in [6, 6.07) is 0. The molecule has 0 aromatic rings. The summed E-state index contributed by atoms with van der Waals surface area (Å²) in [7, 11) is 0. The Morgan fingerprint density at radius 1 is 0.644 bits per heavy atom. The van der Waals surface area contributed by atoms with Gasteiger partial charge in [-0.25, -0.2) is 0 Å². The Bertz CT molecular complexity index is 862. The Balaban J connectivity index is 1.95. The van der Waals surface area contributed by atoms with Crippen molar-refractivity contribution in [1.82, 2.24) is 10.1 Å². The lowest BCUT2D eigenvalue weighted by atomic mass is 9.80. The summed E-state index contributed by atoms with van der Waals surface area (Å²) in [5.74, 6) is -1.09. The molecule has 2 aliphatic heterocycles. The largest absolute Gasteiger partial charge is 0.462 e. The number of piperidine rings is 2. The molecule has 0 N–H and O–H groups in total. The van der Waals surface area contributed by atoms with Gasteiger partial charge in [0.05, 0.1) is 12.2 Å². The van der Waals surface area contributed by atoms with Gasteiger partial charge in [0.15, 0.2) is 0 Å². The van der Waals surface area contributed by atoms with Crippen LogP contribution in [-0.2, 0) is 28.7 Å². The molecule has 2 saturated heterocycles. The minimum atomic E-state index is -0.547. The first-order valence-electron chi connectivity index (χ1n) is 17.5. The summed E-state index contributed by atoms with van der Waals surface area (Å²) in [4.78, 5) is 39.0. The highest BCUT2D eigenvalue weighted by molar-refractivity contribution is 5.91. The normalized spacial score (nSPS) is 23.2. The highest BCUT2D eigenvalue weighted by Gasteiger charge is 2.50. The molecule has 2 aliphatic rings. The second kappa shape index (κ2) is 16.9. The van der Waals surface area contributed by atoms with Gasteiger partial charge in [0.1, 0.15) is 18.6 Å². The van der Waals surface area contributed by atoms with Gasteiger partial charge in [-0.15, -0.1) is 13.2 Å². The van der Waals surface area contributed by atoms with E-state index < -0.39 is 18.4 Å². The standard InChI is InChI=1S/C37H66N2O6/c1-13-17-19-21-28(15-3)44-38-34(5,6)24-30(25-35(38,7)8)42-32(40)23-33(41)43-31-26-36(9,10)39(37(11,12)27-31)45-29(16-4)22-20-18-14-2/h15-16,28-31H,3-4,13-14,17-27H2,1-2,5-12H3. The Kier molecular flexibility index (Phi) is 14.8. The van der Waals surface area contributed by atoms with Crippen LogP contribution in [0.5, 0.6) is 0 Å². The molecule has 2 rings (SSSR count). The van der Waals surface area contributed by atoms with Crippen LogP contribution in [0.4, 0.5) is 0 Å². The predicted octanol–water partition coefficient (Wildman–Crippen LogP) is 8.64. The van der Waals surface area contributed by atoms with E-state index in [4.69, 9.17) is 19.1 Å². The predicted molar refractivity (Wildman–Crippen MR) is 181 cm³/mol. The van der Waals surface area contributed by atoms with E-state index in [0.29, 0.717) is 25.7 Å². The topological polar surface area (TPSA) is 77.5 Å². The third-order valence-corrected chi connectivity index (χ3v) is 9.18. The zero-order valence-corrected chi connectivity index (χ0v) is 30.4. The van der Waals surface area contributed by atoms with E-state index in [0.717, 1.165) is 38.5 Å². The molecular weight excluding hydrogens is 568 g/mol. The smallest absolute Gasteiger partial charge is 0.317 e. The van der Waals surface area contributed by atoms with Crippen molar-refractivity contribution >= 4 is 11.9 Å². The molecule has 2 atom stereocenters. The Labute approximate surface area is 275 Å². The molecule has 2 fully saturated rings. The summed E-state index contributed by atoms with van der Waals surface area (Å²) in [5.41, 5.74) is -1.53. The zero-order chi connectivity index (χ0) is 34.1. The second-order valence-electron chi connectivity index (χ2n) is 15.8. The molecule has 0 amide bonds. The van der Waals surface area contributed by atoms with Crippen LogP contribution in [0.3, 0.4) is 0 Å². The van der Waals surface area contributed by atoms with Gasteiger partial charge in [-0.3, -0.25) is 19.3 Å². The summed E-state index contributed by atoms with van der Waals surface area (Å²) >= 11 is 0. The molecular formula is C37H66N2O6. The number of unbranched alkanes of at least 4 members (excludes halogenated alkanes) is 4. The molecule has 2 heterocycles. The average Bonchev–Trinajstić information content (AvgIpc) is 2.89. The highest BCUT2D eigenvalue weighted by Crippen LogP contribution is 2.42. The van der Waals surface area contributed by atoms with Crippen molar-refractivity contribution < 1.29 is 28.7 Å². The number of esters is 2. The molecule has 0 aromatic heterocycles. The van der Waals surface area contributed by atoms with Crippen molar-refractivity contribution in [3.63, 3.8) is 0 Å². The molecule has 0 aliphatic carbocycles. The van der Waals surface area contributed by atoms with E-state index in [-0.39, 0.29) is 46.6 Å². The van der Waals surface area contributed by atoms with E-state index in [1.54, 1.807) is 0 Å². The van der Waals surface area contributed by atoms with Gasteiger partial charge in [-0.1, -0.05) is 64.5 Å². The van der Waals surface area contributed by atoms with Crippen molar-refractivity contribution in [2.75, 3.05) is 0 Å². The lowest BCUT2D eigenvalue weighted by molar-refractivity contribution is -0.308. The summed E-state index contributed by atoms with van der Waals surface area (Å²) in [5, 5.41) is 4.14. The van der Waals surface area contributed by atoms with Gasteiger partial charge in [0.25, 0.3) is 0 Å². The summed E-state index contributed by atoms with van der Waals surface area (Å²) < 4.78 is 11.8. The van der Waals surface area contributed by atoms with Crippen molar-refractivity contribution in [2.45, 2.75) is 199 Å². The van der Waals surface area contributed by atoms with E-state index >= 15 is 0 Å². The minimum absolute atomic E-state index is 0.0634. The van der Waals surface area contributed by atoms with Crippen molar-refractivity contribution in [1.29, 1.82) is 0 Å². The van der Waals surface area contributed by atoms with Crippen molar-refractivity contribution in [2.24, 2.45) is 0 Å². The maximum Gasteiger partial charge on any atom is 0.317 e. The number of hydroxylamine groups is 4. The maximum absolute atomic E-state index is 13.0. The molecule has 0 bridgehead atoms. The van der Waals surface area contributed by atoms with Crippen molar-refractivity contribution in [3.8, 4) is 0 Å². The van der Waals surface area contributed by atoms with Gasteiger partial charge in [0, 0.05) is 47.8 Å². The number of hydrogen-bond donors (Lipinski definition) is 0. The molecule has 2 unspecified atom stereocenters. The number of rotatable bonds is 18. The van der Waals surface area contributed by atoms with E-state index in [2.05, 4.69) is 92.5 Å². The van der Waals surface area contributed by atoms with Gasteiger partial charge in [0.2, 0.25) is 0 Å². The second-order valence-corrected chi connectivity index (χ2v) is 15.8. The van der Waals surface area contributed by atoms with Crippen LogP contribution in [0, 0.1) is 0 Å². The number of hydrogen-bond acceptors (Lipinski definition) is 8. The van der Waals surface area contributed by atoms with E-state index in [1.807, 2.05) is 12.2 Å². The number of carbonyl (C=O) groups is 2. The summed E-state index contributed by atoms with van der Waals surface area (Å²) in [6.07, 6.45) is 13.7. The van der Waals surface area contributed by atoms with Gasteiger partial charge in [-0.05, 0) is 68.2 Å². The third kappa shape index (κ3) is 11.8. The van der Waals surface area contributed by atoms with Gasteiger partial charge < -0.3 is 9.47 Å². The van der Waals surface area contributed by atoms with Crippen molar-refractivity contribution in [3.05, 3.63) is 25.3 Å². The molecule has 8 heteroatoms. The molecule has 8 nitrogen and oxygen atoms in total. The quantitative estimate of drug-likeness (QED) is 0.0642. The number of nitrogens with zero attached hydrogens (tertiary/aromatic N) is 2. The lowest BCUT2D eigenvalue weighted by Crippen LogP contribution is -2.63. The fraction of sp³-hybridized carbons (Fsp3) is 0.838. The minimum Gasteiger partial charge on any atom is -0.462 e.